The van der Waals surface area contributed by atoms with Crippen molar-refractivity contribution in [2.75, 3.05) is 16.8 Å². The highest BCUT2D eigenvalue weighted by molar-refractivity contribution is 5.99. The van der Waals surface area contributed by atoms with Crippen molar-refractivity contribution in [2.45, 2.75) is 32.9 Å². The largest absolute Gasteiger partial charge is 0.379 e. The van der Waals surface area contributed by atoms with Crippen LogP contribution in [0.1, 0.15) is 26.8 Å². The zero-order valence-corrected chi connectivity index (χ0v) is 13.2. The van der Waals surface area contributed by atoms with E-state index in [4.69, 9.17) is 0 Å². The van der Waals surface area contributed by atoms with Crippen molar-refractivity contribution < 1.29 is 4.79 Å². The number of anilines is 2. The number of rotatable bonds is 3. The Balaban J connectivity index is 1.93. The van der Waals surface area contributed by atoms with E-state index in [1.165, 1.54) is 0 Å². The maximum atomic E-state index is 13.0. The van der Waals surface area contributed by atoms with Gasteiger partial charge in [-0.1, -0.05) is 26.0 Å². The van der Waals surface area contributed by atoms with Crippen LogP contribution in [0.3, 0.4) is 0 Å². The van der Waals surface area contributed by atoms with Crippen molar-refractivity contribution in [3.05, 3.63) is 43.0 Å². The summed E-state index contributed by atoms with van der Waals surface area (Å²) in [5.41, 5.74) is 1.98. The molecule has 1 aliphatic heterocycles. The molecule has 116 valence electrons. The van der Waals surface area contributed by atoms with Crippen LogP contribution >= 0.6 is 0 Å². The van der Waals surface area contributed by atoms with Crippen LogP contribution in [-0.2, 0) is 4.79 Å². The van der Waals surface area contributed by atoms with Crippen LogP contribution < -0.4 is 10.2 Å². The first-order valence-corrected chi connectivity index (χ1v) is 7.72. The molecular weight excluding hydrogens is 276 g/mol. The van der Waals surface area contributed by atoms with Crippen molar-refractivity contribution >= 4 is 17.3 Å². The van der Waals surface area contributed by atoms with Gasteiger partial charge in [0.25, 0.3) is 0 Å². The first-order chi connectivity index (χ1) is 10.6. The van der Waals surface area contributed by atoms with Gasteiger partial charge in [0.05, 0.1) is 17.7 Å². The van der Waals surface area contributed by atoms with Crippen molar-refractivity contribution in [3.8, 4) is 0 Å². The Hall–Kier alpha value is -2.30. The molecule has 0 fully saturated rings. The van der Waals surface area contributed by atoms with E-state index in [1.54, 1.807) is 12.5 Å². The summed E-state index contributed by atoms with van der Waals surface area (Å²) in [4.78, 5) is 18.9. The van der Waals surface area contributed by atoms with E-state index in [9.17, 15) is 4.79 Å². The number of benzene rings is 1. The van der Waals surface area contributed by atoms with E-state index < -0.39 is 0 Å². The van der Waals surface area contributed by atoms with E-state index in [0.717, 1.165) is 11.4 Å². The van der Waals surface area contributed by atoms with E-state index in [0.29, 0.717) is 12.5 Å². The van der Waals surface area contributed by atoms with Crippen LogP contribution in [-0.4, -0.2) is 28.0 Å². The third kappa shape index (κ3) is 2.58. The molecule has 1 aromatic carbocycles. The Morgan fingerprint density at radius 1 is 1.32 bits per heavy atom. The van der Waals surface area contributed by atoms with Gasteiger partial charge in [-0.05, 0) is 25.0 Å². The van der Waals surface area contributed by atoms with E-state index in [1.807, 2.05) is 46.9 Å². The fourth-order valence-corrected chi connectivity index (χ4v) is 2.81. The number of carbonyl (C=O) groups is 1. The summed E-state index contributed by atoms with van der Waals surface area (Å²) in [5, 5.41) is 3.54. The van der Waals surface area contributed by atoms with E-state index in [2.05, 4.69) is 24.1 Å². The molecule has 3 rings (SSSR count). The molecule has 0 spiro atoms. The van der Waals surface area contributed by atoms with Crippen molar-refractivity contribution in [3.63, 3.8) is 0 Å². The average Bonchev–Trinajstić information content (AvgIpc) is 3.06. The summed E-state index contributed by atoms with van der Waals surface area (Å²) < 4.78 is 1.84. The van der Waals surface area contributed by atoms with Gasteiger partial charge < -0.3 is 14.8 Å². The minimum absolute atomic E-state index is 0.0950. The summed E-state index contributed by atoms with van der Waals surface area (Å²) in [6.45, 7) is 6.95. The van der Waals surface area contributed by atoms with Gasteiger partial charge in [0.2, 0.25) is 5.91 Å². The van der Waals surface area contributed by atoms with Crippen LogP contribution in [0.4, 0.5) is 11.4 Å². The van der Waals surface area contributed by atoms with Crippen LogP contribution in [0.25, 0.3) is 0 Å². The smallest absolute Gasteiger partial charge is 0.249 e. The van der Waals surface area contributed by atoms with Gasteiger partial charge in [-0.25, -0.2) is 4.98 Å². The molecule has 0 bridgehead atoms. The second-order valence-corrected chi connectivity index (χ2v) is 6.15. The highest BCUT2D eigenvalue weighted by Crippen LogP contribution is 2.33. The number of aromatic nitrogens is 2. The molecule has 0 saturated carbocycles. The summed E-state index contributed by atoms with van der Waals surface area (Å²) in [6.07, 6.45) is 5.22. The van der Waals surface area contributed by atoms with Crippen LogP contribution in [0, 0.1) is 5.92 Å². The van der Waals surface area contributed by atoms with Gasteiger partial charge >= 0.3 is 0 Å². The lowest BCUT2D eigenvalue weighted by Gasteiger charge is -2.38. The number of imidazole rings is 1. The average molecular weight is 298 g/mol. The predicted molar refractivity (Wildman–Crippen MR) is 88.0 cm³/mol. The van der Waals surface area contributed by atoms with Gasteiger partial charge in [-0.15, -0.1) is 0 Å². The molecule has 1 amide bonds. The molecule has 1 aromatic heterocycles. The number of hydrogen-bond donors (Lipinski definition) is 1. The highest BCUT2D eigenvalue weighted by atomic mass is 16.2. The van der Waals surface area contributed by atoms with Crippen LogP contribution in [0.15, 0.2) is 43.0 Å². The van der Waals surface area contributed by atoms with E-state index in [-0.39, 0.29) is 18.0 Å². The Morgan fingerprint density at radius 3 is 2.77 bits per heavy atom. The summed E-state index contributed by atoms with van der Waals surface area (Å²) in [7, 11) is 0. The molecule has 0 radical (unpaired) electrons. The minimum atomic E-state index is -0.263. The zero-order valence-electron chi connectivity index (χ0n) is 13.2. The maximum absolute atomic E-state index is 13.0. The normalized spacial score (nSPS) is 18.7. The topological polar surface area (TPSA) is 50.2 Å². The van der Waals surface area contributed by atoms with E-state index >= 15 is 0 Å². The Labute approximate surface area is 131 Å². The second-order valence-electron chi connectivity index (χ2n) is 6.15. The summed E-state index contributed by atoms with van der Waals surface area (Å²) >= 11 is 0. The molecule has 2 aromatic rings. The Kier molecular flexibility index (Phi) is 3.88. The van der Waals surface area contributed by atoms with Crippen LogP contribution in [0.2, 0.25) is 0 Å². The molecule has 0 unspecified atom stereocenters. The van der Waals surface area contributed by atoms with Crippen molar-refractivity contribution in [2.24, 2.45) is 5.92 Å². The van der Waals surface area contributed by atoms with Gasteiger partial charge in [0.1, 0.15) is 6.04 Å². The third-order valence-corrected chi connectivity index (χ3v) is 4.32. The molecule has 1 aliphatic rings. The quantitative estimate of drug-likeness (QED) is 0.948. The number of nitrogens with zero attached hydrogens (tertiary/aromatic N) is 3. The van der Waals surface area contributed by atoms with Gasteiger partial charge in [-0.2, -0.15) is 0 Å². The molecule has 5 nitrogen and oxygen atoms in total. The van der Waals surface area contributed by atoms with Gasteiger partial charge in [0, 0.05) is 25.0 Å². The lowest BCUT2D eigenvalue weighted by Crippen LogP contribution is -2.48. The Morgan fingerprint density at radius 2 is 2.09 bits per heavy atom. The second kappa shape index (κ2) is 5.83. The molecule has 2 heterocycles. The number of fused-ring (bicyclic) bond motifs is 1. The molecule has 5 heteroatoms. The first-order valence-electron chi connectivity index (χ1n) is 7.72. The Bertz CT molecular complexity index is 650. The predicted octanol–water partition coefficient (Wildman–Crippen LogP) is 2.93. The number of carbonyl (C=O) groups excluding carboxylic acids is 1. The summed E-state index contributed by atoms with van der Waals surface area (Å²) in [6, 6.07) is 7.99. The lowest BCUT2D eigenvalue weighted by molar-refractivity contribution is -0.121. The molecule has 0 saturated heterocycles. The third-order valence-electron chi connectivity index (χ3n) is 4.32. The summed E-state index contributed by atoms with van der Waals surface area (Å²) in [5.74, 6) is 0.546. The maximum Gasteiger partial charge on any atom is 0.249 e. The number of hydrogen-bond acceptors (Lipinski definition) is 3. The lowest BCUT2D eigenvalue weighted by atomic mass is 9.99. The molecular formula is C17H22N4O. The molecule has 1 N–H and O–H groups in total. The van der Waals surface area contributed by atoms with Gasteiger partial charge in [-0.3, -0.25) is 4.79 Å². The minimum Gasteiger partial charge on any atom is -0.379 e. The molecule has 0 aliphatic carbocycles. The SMILES string of the molecule is CC(C)[C@@H]1CN(C(=O)[C@@H](C)n2ccnc2)c2ccccc2N1. The standard InChI is InChI=1S/C17H22N4O/c1-12(2)15-10-21(16-7-5-4-6-14(16)19-15)17(22)13(3)20-9-8-18-11-20/h4-9,11-13,15,19H,10H2,1-3H3/t13-,15+/m1/s1. The number of para-hydroxylation sites is 2. The monoisotopic (exact) mass is 298 g/mol. The molecule has 22 heavy (non-hydrogen) atoms. The molecule has 2 atom stereocenters. The highest BCUT2D eigenvalue weighted by Gasteiger charge is 2.31. The van der Waals surface area contributed by atoms with Gasteiger partial charge in [0.15, 0.2) is 0 Å². The fraction of sp³-hybridized carbons (Fsp3) is 0.412. The zero-order chi connectivity index (χ0) is 15.7. The van der Waals surface area contributed by atoms with Crippen molar-refractivity contribution in [1.82, 2.24) is 9.55 Å². The number of nitrogens with one attached hydrogen (secondary N) is 1. The van der Waals surface area contributed by atoms with Crippen LogP contribution in [0.5, 0.6) is 0 Å². The van der Waals surface area contributed by atoms with Crippen molar-refractivity contribution in [1.29, 1.82) is 0 Å². The number of amides is 1. The fourth-order valence-electron chi connectivity index (χ4n) is 2.81. The first kappa shape index (κ1) is 14.6.